The zero-order valence-electron chi connectivity index (χ0n) is 9.99. The molecule has 0 unspecified atom stereocenters. The maximum Gasteiger partial charge on any atom is 0.267 e. The normalized spacial score (nSPS) is 11.1. The van der Waals surface area contributed by atoms with Gasteiger partial charge < -0.3 is 5.10 Å². The number of H-pyrrole nitrogens is 2. The lowest BCUT2D eigenvalue weighted by atomic mass is 10.2. The number of hydrogen-bond acceptors (Lipinski definition) is 4. The predicted molar refractivity (Wildman–Crippen MR) is 77.6 cm³/mol. The molecule has 0 aliphatic heterocycles. The molecule has 3 N–H and O–H groups in total. The van der Waals surface area contributed by atoms with Gasteiger partial charge in [-0.15, -0.1) is 11.3 Å². The number of hydrogen-bond donors (Lipinski definition) is 3. The highest BCUT2D eigenvalue weighted by atomic mass is 79.9. The van der Waals surface area contributed by atoms with Crippen molar-refractivity contribution < 1.29 is 4.79 Å². The van der Waals surface area contributed by atoms with E-state index in [1.165, 1.54) is 11.3 Å². The summed E-state index contributed by atoms with van der Waals surface area (Å²) in [6, 6.07) is 3.78. The number of carbonyl (C=O) groups excluding carboxylic acids is 1. The fourth-order valence-electron chi connectivity index (χ4n) is 1.45. The first-order chi connectivity index (χ1) is 9.06. The molecule has 2 heterocycles. The number of aryl methyl sites for hydroxylation is 1. The molecule has 2 rings (SSSR count). The Balaban J connectivity index is 1.92. The smallest absolute Gasteiger partial charge is 0.267 e. The van der Waals surface area contributed by atoms with Gasteiger partial charge in [-0.2, -0.15) is 5.10 Å². The molecule has 0 bridgehead atoms. The number of aromatic amines is 2. The first-order valence-electron chi connectivity index (χ1n) is 5.39. The molecule has 0 saturated heterocycles. The third-order valence-corrected chi connectivity index (χ3v) is 3.96. The summed E-state index contributed by atoms with van der Waals surface area (Å²) in [6.07, 6.45) is 1.55. The molecule has 0 saturated carbocycles. The summed E-state index contributed by atoms with van der Waals surface area (Å²) in [4.78, 5) is 23.9. The lowest BCUT2D eigenvalue weighted by molar-refractivity contribution is -0.120. The van der Waals surface area contributed by atoms with Gasteiger partial charge in [0.15, 0.2) is 0 Å². The minimum Gasteiger partial charge on any atom is -0.302 e. The summed E-state index contributed by atoms with van der Waals surface area (Å²) in [6.45, 7) is 1.73. The van der Waals surface area contributed by atoms with Gasteiger partial charge in [0.05, 0.1) is 16.4 Å². The second kappa shape index (κ2) is 5.98. The fourth-order valence-corrected chi connectivity index (χ4v) is 2.75. The van der Waals surface area contributed by atoms with Gasteiger partial charge in [0.25, 0.3) is 5.56 Å². The van der Waals surface area contributed by atoms with Crippen molar-refractivity contribution in [1.29, 1.82) is 0 Å². The topological polar surface area (TPSA) is 90.1 Å². The van der Waals surface area contributed by atoms with Crippen LogP contribution < -0.4 is 11.0 Å². The average Bonchev–Trinajstić information content (AvgIpc) is 2.90. The Kier molecular flexibility index (Phi) is 4.33. The second-order valence-electron chi connectivity index (χ2n) is 3.79. The largest absolute Gasteiger partial charge is 0.302 e. The summed E-state index contributed by atoms with van der Waals surface area (Å²) >= 11 is 4.84. The van der Waals surface area contributed by atoms with Gasteiger partial charge in [-0.1, -0.05) is 0 Å². The minimum absolute atomic E-state index is 0.00383. The van der Waals surface area contributed by atoms with Crippen LogP contribution in [0.15, 0.2) is 25.8 Å². The van der Waals surface area contributed by atoms with Gasteiger partial charge in [0, 0.05) is 16.1 Å². The molecule has 0 aliphatic rings. The zero-order chi connectivity index (χ0) is 13.8. The molecule has 0 aromatic carbocycles. The number of rotatable bonds is 4. The van der Waals surface area contributed by atoms with Crippen LogP contribution in [-0.2, 0) is 11.2 Å². The van der Waals surface area contributed by atoms with E-state index in [0.29, 0.717) is 11.3 Å². The van der Waals surface area contributed by atoms with Crippen LogP contribution >= 0.6 is 27.3 Å². The summed E-state index contributed by atoms with van der Waals surface area (Å²) in [7, 11) is 0. The Morgan fingerprint density at radius 2 is 2.32 bits per heavy atom. The first-order valence-corrected chi connectivity index (χ1v) is 7.00. The fraction of sp³-hybridized carbons (Fsp3) is 0.182. The van der Waals surface area contributed by atoms with Crippen molar-refractivity contribution in [3.05, 3.63) is 42.4 Å². The monoisotopic (exact) mass is 342 g/mol. The van der Waals surface area contributed by atoms with Crippen molar-refractivity contribution in [2.45, 2.75) is 13.3 Å². The summed E-state index contributed by atoms with van der Waals surface area (Å²) in [5.41, 5.74) is 3.19. The Morgan fingerprint density at radius 3 is 2.89 bits per heavy atom. The zero-order valence-corrected chi connectivity index (χ0v) is 12.4. The molecule has 0 aliphatic carbocycles. The average molecular weight is 343 g/mol. The molecule has 2 aromatic rings. The number of carbonyl (C=O) groups is 1. The molecule has 0 atom stereocenters. The van der Waals surface area contributed by atoms with Gasteiger partial charge in [-0.05, 0) is 35.0 Å². The van der Waals surface area contributed by atoms with E-state index in [0.717, 1.165) is 8.66 Å². The molecule has 1 amide bonds. The van der Waals surface area contributed by atoms with Crippen molar-refractivity contribution >= 4 is 39.4 Å². The summed E-state index contributed by atoms with van der Waals surface area (Å²) < 4.78 is 0.995. The Hall–Kier alpha value is -1.67. The number of aromatic nitrogens is 2. The molecule has 0 spiro atoms. The molecular weight excluding hydrogens is 332 g/mol. The van der Waals surface area contributed by atoms with E-state index in [4.69, 9.17) is 0 Å². The number of nitrogens with zero attached hydrogens (tertiary/aromatic N) is 1. The van der Waals surface area contributed by atoms with E-state index in [9.17, 15) is 9.59 Å². The second-order valence-corrected chi connectivity index (χ2v) is 6.29. The van der Waals surface area contributed by atoms with Gasteiger partial charge >= 0.3 is 0 Å². The van der Waals surface area contributed by atoms with E-state index in [1.807, 2.05) is 12.1 Å². The van der Waals surface area contributed by atoms with Crippen LogP contribution in [0, 0.1) is 6.92 Å². The predicted octanol–water partition coefficient (Wildman–Crippen LogP) is 1.53. The van der Waals surface area contributed by atoms with E-state index in [-0.39, 0.29) is 17.9 Å². The van der Waals surface area contributed by atoms with Gasteiger partial charge in [0.2, 0.25) is 5.91 Å². The third kappa shape index (κ3) is 3.65. The highest BCUT2D eigenvalue weighted by molar-refractivity contribution is 9.11. The third-order valence-electron chi connectivity index (χ3n) is 2.40. The SMILES string of the molecule is Cc1[nH][nH]c(=O)c1CC(=O)NN=Cc1ccc(Br)s1. The Labute approximate surface area is 121 Å². The van der Waals surface area contributed by atoms with Crippen LogP contribution in [0.4, 0.5) is 0 Å². The van der Waals surface area contributed by atoms with Crippen LogP contribution in [0.1, 0.15) is 16.1 Å². The highest BCUT2D eigenvalue weighted by Gasteiger charge is 2.10. The number of hydrazone groups is 1. The summed E-state index contributed by atoms with van der Waals surface area (Å²) in [5.74, 6) is -0.333. The Bertz CT molecular complexity index is 670. The molecule has 8 heteroatoms. The maximum absolute atomic E-state index is 11.6. The minimum atomic E-state index is -0.333. The van der Waals surface area contributed by atoms with Crippen molar-refractivity contribution in [3.8, 4) is 0 Å². The number of nitrogens with one attached hydrogen (secondary N) is 3. The standard InChI is InChI=1S/C11H11BrN4O2S/c1-6-8(11(18)16-14-6)4-10(17)15-13-5-7-2-3-9(12)19-7/h2-3,5H,4H2,1H3,(H,15,17)(H2,14,16,18). The number of thiophene rings is 1. The van der Waals surface area contributed by atoms with Crippen LogP contribution in [0.25, 0.3) is 0 Å². The van der Waals surface area contributed by atoms with Gasteiger partial charge in [-0.25, -0.2) is 5.43 Å². The van der Waals surface area contributed by atoms with E-state index < -0.39 is 0 Å². The van der Waals surface area contributed by atoms with E-state index >= 15 is 0 Å². The lowest BCUT2D eigenvalue weighted by Gasteiger charge is -1.97. The lowest BCUT2D eigenvalue weighted by Crippen LogP contribution is -2.22. The molecule has 2 aromatic heterocycles. The molecule has 6 nitrogen and oxygen atoms in total. The quantitative estimate of drug-likeness (QED) is 0.580. The number of halogens is 1. The highest BCUT2D eigenvalue weighted by Crippen LogP contribution is 2.20. The summed E-state index contributed by atoms with van der Waals surface area (Å²) in [5, 5.41) is 8.93. The van der Waals surface area contributed by atoms with Gasteiger partial charge in [0.1, 0.15) is 0 Å². The van der Waals surface area contributed by atoms with Crippen LogP contribution in [0.3, 0.4) is 0 Å². The van der Waals surface area contributed by atoms with Crippen LogP contribution in [-0.4, -0.2) is 22.3 Å². The Morgan fingerprint density at radius 1 is 1.53 bits per heavy atom. The van der Waals surface area contributed by atoms with Crippen LogP contribution in [0.2, 0.25) is 0 Å². The first kappa shape index (κ1) is 13.8. The molecule has 100 valence electrons. The van der Waals surface area contributed by atoms with Crippen molar-refractivity contribution in [2.75, 3.05) is 0 Å². The molecule has 0 radical (unpaired) electrons. The molecule has 19 heavy (non-hydrogen) atoms. The molecular formula is C11H11BrN4O2S. The van der Waals surface area contributed by atoms with Crippen molar-refractivity contribution in [1.82, 2.24) is 15.6 Å². The van der Waals surface area contributed by atoms with Crippen molar-refractivity contribution in [2.24, 2.45) is 5.10 Å². The number of amides is 1. The molecule has 0 fully saturated rings. The van der Waals surface area contributed by atoms with E-state index in [1.54, 1.807) is 13.1 Å². The van der Waals surface area contributed by atoms with E-state index in [2.05, 4.69) is 36.7 Å². The van der Waals surface area contributed by atoms with Crippen molar-refractivity contribution in [3.63, 3.8) is 0 Å². The van der Waals surface area contributed by atoms with Gasteiger partial charge in [-0.3, -0.25) is 14.7 Å². The maximum atomic E-state index is 11.6. The van der Waals surface area contributed by atoms with Crippen LogP contribution in [0.5, 0.6) is 0 Å².